The third-order valence-corrected chi connectivity index (χ3v) is 8.64. The summed E-state index contributed by atoms with van der Waals surface area (Å²) < 4.78 is 5.10. The minimum Gasteiger partial charge on any atom is -0.393 e. The molecule has 0 heterocycles. The Kier molecular flexibility index (Phi) is 10.6. The summed E-state index contributed by atoms with van der Waals surface area (Å²) in [5, 5.41) is 12.7. The zero-order chi connectivity index (χ0) is 26.0. The second-order valence-corrected chi connectivity index (χ2v) is 11.4. The lowest BCUT2D eigenvalue weighted by Gasteiger charge is -2.30. The molecule has 0 bridgehead atoms. The molecule has 0 aromatic heterocycles. The lowest BCUT2D eigenvalue weighted by Crippen LogP contribution is -2.14. The number of benzene rings is 3. The van der Waals surface area contributed by atoms with Crippen LogP contribution in [0.3, 0.4) is 0 Å². The fraction of sp³-hybridized carbons (Fsp3) is 0.543. The minimum absolute atomic E-state index is 0.358. The molecule has 1 aliphatic carbocycles. The van der Waals surface area contributed by atoms with E-state index in [4.69, 9.17) is 4.74 Å². The molecule has 3 aromatic rings. The highest BCUT2D eigenvalue weighted by Crippen LogP contribution is 2.40. The first-order valence-electron chi connectivity index (χ1n) is 14.9. The standard InChI is InChI=1S/C35H48O2/c1-4-6-7-8-9-26-10-13-29(14-11-26)35-19-18-33(24-28(35)5-2)32-17-16-30-22-27(12-15-31(30)25-32)23-34(36)20-21-37-3/h12,15-19,22,24-26,29,34,36H,4-11,13-14,20-21,23H2,1-3H3. The summed E-state index contributed by atoms with van der Waals surface area (Å²) in [7, 11) is 1.68. The predicted molar refractivity (Wildman–Crippen MR) is 158 cm³/mol. The van der Waals surface area contributed by atoms with Gasteiger partial charge in [-0.2, -0.15) is 0 Å². The number of aliphatic hydroxyl groups is 1. The molecule has 0 saturated heterocycles. The van der Waals surface area contributed by atoms with Crippen LogP contribution in [0.4, 0.5) is 0 Å². The molecule has 0 amide bonds. The lowest BCUT2D eigenvalue weighted by molar-refractivity contribution is 0.110. The summed E-state index contributed by atoms with van der Waals surface area (Å²) in [6, 6.07) is 20.6. The maximum Gasteiger partial charge on any atom is 0.0602 e. The van der Waals surface area contributed by atoms with E-state index in [1.165, 1.54) is 90.8 Å². The molecular formula is C35H48O2. The SMILES string of the molecule is CCCCCCC1CCC(c2ccc(-c3ccc4cc(CC(O)CCOC)ccc4c3)cc2CC)CC1. The third kappa shape index (κ3) is 7.68. The largest absolute Gasteiger partial charge is 0.393 e. The molecule has 1 N–H and O–H groups in total. The average molecular weight is 501 g/mol. The van der Waals surface area contributed by atoms with E-state index >= 15 is 0 Å². The summed E-state index contributed by atoms with van der Waals surface area (Å²) in [6.45, 7) is 5.21. The van der Waals surface area contributed by atoms with Crippen LogP contribution in [0.2, 0.25) is 0 Å². The third-order valence-electron chi connectivity index (χ3n) is 8.64. The molecule has 0 spiro atoms. The normalized spacial score (nSPS) is 18.8. The number of ether oxygens (including phenoxy) is 1. The molecule has 200 valence electrons. The number of aryl methyl sites for hydroxylation is 1. The zero-order valence-electron chi connectivity index (χ0n) is 23.5. The summed E-state index contributed by atoms with van der Waals surface area (Å²) in [5.74, 6) is 1.70. The van der Waals surface area contributed by atoms with E-state index in [9.17, 15) is 5.11 Å². The molecule has 1 fully saturated rings. The van der Waals surface area contributed by atoms with Gasteiger partial charge in [0, 0.05) is 13.7 Å². The summed E-state index contributed by atoms with van der Waals surface area (Å²) in [6.07, 6.45) is 14.7. The number of hydrogen-bond acceptors (Lipinski definition) is 2. The van der Waals surface area contributed by atoms with E-state index in [-0.39, 0.29) is 6.10 Å². The van der Waals surface area contributed by atoms with Gasteiger partial charge in [-0.25, -0.2) is 0 Å². The van der Waals surface area contributed by atoms with Gasteiger partial charge in [0.05, 0.1) is 6.10 Å². The van der Waals surface area contributed by atoms with Crippen LogP contribution in [-0.4, -0.2) is 24.9 Å². The Morgan fingerprint density at radius 2 is 1.57 bits per heavy atom. The number of methoxy groups -OCH3 is 1. The van der Waals surface area contributed by atoms with Crippen molar-refractivity contribution >= 4 is 10.8 Å². The monoisotopic (exact) mass is 500 g/mol. The van der Waals surface area contributed by atoms with E-state index in [0.29, 0.717) is 19.4 Å². The van der Waals surface area contributed by atoms with E-state index in [0.717, 1.165) is 18.3 Å². The quantitative estimate of drug-likeness (QED) is 0.237. The Morgan fingerprint density at radius 3 is 2.32 bits per heavy atom. The van der Waals surface area contributed by atoms with E-state index in [1.807, 2.05) is 0 Å². The van der Waals surface area contributed by atoms with Crippen molar-refractivity contribution in [1.29, 1.82) is 0 Å². The van der Waals surface area contributed by atoms with Gasteiger partial charge in [0.15, 0.2) is 0 Å². The first-order chi connectivity index (χ1) is 18.1. The van der Waals surface area contributed by atoms with Crippen molar-refractivity contribution in [3.05, 3.63) is 71.3 Å². The van der Waals surface area contributed by atoms with Gasteiger partial charge in [-0.15, -0.1) is 0 Å². The van der Waals surface area contributed by atoms with Crippen LogP contribution in [-0.2, 0) is 17.6 Å². The highest BCUT2D eigenvalue weighted by molar-refractivity contribution is 5.88. The second-order valence-electron chi connectivity index (χ2n) is 11.4. The fourth-order valence-electron chi connectivity index (χ4n) is 6.34. The van der Waals surface area contributed by atoms with Gasteiger partial charge >= 0.3 is 0 Å². The van der Waals surface area contributed by atoms with Gasteiger partial charge in [0.2, 0.25) is 0 Å². The maximum absolute atomic E-state index is 10.2. The van der Waals surface area contributed by atoms with Crippen molar-refractivity contribution in [1.82, 2.24) is 0 Å². The van der Waals surface area contributed by atoms with E-state index in [2.05, 4.69) is 68.4 Å². The van der Waals surface area contributed by atoms with Crippen LogP contribution in [0.15, 0.2) is 54.6 Å². The van der Waals surface area contributed by atoms with Crippen molar-refractivity contribution in [3.8, 4) is 11.1 Å². The van der Waals surface area contributed by atoms with Crippen molar-refractivity contribution in [2.45, 2.75) is 103 Å². The molecule has 2 nitrogen and oxygen atoms in total. The van der Waals surface area contributed by atoms with Gasteiger partial charge in [-0.05, 0) is 101 Å². The van der Waals surface area contributed by atoms with E-state index in [1.54, 1.807) is 12.7 Å². The molecule has 0 radical (unpaired) electrons. The summed E-state index contributed by atoms with van der Waals surface area (Å²) >= 11 is 0. The van der Waals surface area contributed by atoms with Gasteiger partial charge < -0.3 is 9.84 Å². The van der Waals surface area contributed by atoms with Crippen LogP contribution in [0.1, 0.15) is 101 Å². The van der Waals surface area contributed by atoms with Crippen LogP contribution < -0.4 is 0 Å². The molecule has 0 aliphatic heterocycles. The van der Waals surface area contributed by atoms with Gasteiger partial charge in [0.1, 0.15) is 0 Å². The van der Waals surface area contributed by atoms with Crippen LogP contribution >= 0.6 is 0 Å². The molecule has 1 unspecified atom stereocenters. The minimum atomic E-state index is -0.358. The molecule has 1 aliphatic rings. The smallest absolute Gasteiger partial charge is 0.0602 e. The number of aliphatic hydroxyl groups excluding tert-OH is 1. The zero-order valence-corrected chi connectivity index (χ0v) is 23.5. The van der Waals surface area contributed by atoms with Crippen molar-refractivity contribution in [2.24, 2.45) is 5.92 Å². The number of hydrogen-bond donors (Lipinski definition) is 1. The molecule has 1 saturated carbocycles. The highest BCUT2D eigenvalue weighted by atomic mass is 16.5. The Bertz CT molecular complexity index is 1110. The first-order valence-corrected chi connectivity index (χ1v) is 14.9. The number of fused-ring (bicyclic) bond motifs is 1. The van der Waals surface area contributed by atoms with Gasteiger partial charge in [-0.3, -0.25) is 0 Å². The van der Waals surface area contributed by atoms with Gasteiger partial charge in [0.25, 0.3) is 0 Å². The first kappa shape index (κ1) is 27.9. The second kappa shape index (κ2) is 14.1. The topological polar surface area (TPSA) is 29.5 Å². The van der Waals surface area contributed by atoms with Crippen molar-refractivity contribution in [3.63, 3.8) is 0 Å². The highest BCUT2D eigenvalue weighted by Gasteiger charge is 2.23. The van der Waals surface area contributed by atoms with E-state index < -0.39 is 0 Å². The average Bonchev–Trinajstić information content (AvgIpc) is 2.94. The molecule has 4 rings (SSSR count). The van der Waals surface area contributed by atoms with Gasteiger partial charge in [-0.1, -0.05) is 94.5 Å². The van der Waals surface area contributed by atoms with Crippen LogP contribution in [0.25, 0.3) is 21.9 Å². The predicted octanol–water partition coefficient (Wildman–Crippen LogP) is 9.25. The Hall–Kier alpha value is -2.16. The van der Waals surface area contributed by atoms with Crippen molar-refractivity contribution in [2.75, 3.05) is 13.7 Å². The van der Waals surface area contributed by atoms with Crippen LogP contribution in [0, 0.1) is 5.92 Å². The maximum atomic E-state index is 10.2. The van der Waals surface area contributed by atoms with Crippen LogP contribution in [0.5, 0.6) is 0 Å². The lowest BCUT2D eigenvalue weighted by atomic mass is 9.75. The number of rotatable bonds is 13. The summed E-state index contributed by atoms with van der Waals surface area (Å²) in [4.78, 5) is 0. The Balaban J connectivity index is 1.42. The van der Waals surface area contributed by atoms with Crippen molar-refractivity contribution < 1.29 is 9.84 Å². The molecular weight excluding hydrogens is 452 g/mol. The molecule has 3 aromatic carbocycles. The Morgan fingerprint density at radius 1 is 0.838 bits per heavy atom. The molecule has 2 heteroatoms. The summed E-state index contributed by atoms with van der Waals surface area (Å²) in [5.41, 5.74) is 6.93. The molecule has 37 heavy (non-hydrogen) atoms. The fourth-order valence-corrected chi connectivity index (χ4v) is 6.34. The Labute approximate surface area is 225 Å². The molecule has 1 atom stereocenters. The number of unbranched alkanes of at least 4 members (excludes halogenated alkanes) is 3.